The third kappa shape index (κ3) is 2.05. The molecule has 0 aliphatic carbocycles. The quantitative estimate of drug-likeness (QED) is 0.611. The van der Waals surface area contributed by atoms with Gasteiger partial charge in [0, 0.05) is 5.39 Å². The van der Waals surface area contributed by atoms with Gasteiger partial charge in [-0.2, -0.15) is 0 Å². The summed E-state index contributed by atoms with van der Waals surface area (Å²) in [5, 5.41) is 1.78. The zero-order chi connectivity index (χ0) is 11.9. The zero-order valence-corrected chi connectivity index (χ0v) is 10.9. The lowest BCUT2D eigenvalue weighted by Gasteiger charge is -2.20. The highest BCUT2D eigenvalue weighted by Gasteiger charge is 2.18. The Bertz CT molecular complexity index is 538. The van der Waals surface area contributed by atoms with E-state index in [1.54, 1.807) is 0 Å². The number of rotatable bonds is 0. The van der Waals surface area contributed by atoms with Gasteiger partial charge in [0.1, 0.15) is 5.15 Å². The van der Waals surface area contributed by atoms with Crippen molar-refractivity contribution in [2.75, 3.05) is 0 Å². The smallest absolute Gasteiger partial charge is 0.133 e. The lowest BCUT2D eigenvalue weighted by molar-refractivity contribution is 0.589. The van der Waals surface area contributed by atoms with Gasteiger partial charge in [0.15, 0.2) is 0 Å². The van der Waals surface area contributed by atoms with Crippen molar-refractivity contribution in [3.63, 3.8) is 0 Å². The lowest BCUT2D eigenvalue weighted by Crippen LogP contribution is -2.12. The molecule has 0 radical (unpaired) electrons. The topological polar surface area (TPSA) is 12.9 Å². The van der Waals surface area contributed by atoms with E-state index >= 15 is 0 Å². The van der Waals surface area contributed by atoms with Gasteiger partial charge >= 0.3 is 0 Å². The Morgan fingerprint density at radius 1 is 1.12 bits per heavy atom. The van der Waals surface area contributed by atoms with Crippen molar-refractivity contribution in [2.24, 2.45) is 0 Å². The molecular formula is C14H16ClN. The molecule has 0 amide bonds. The van der Waals surface area contributed by atoms with E-state index in [1.165, 1.54) is 5.56 Å². The van der Waals surface area contributed by atoms with Crippen LogP contribution in [0.1, 0.15) is 31.9 Å². The zero-order valence-electron chi connectivity index (χ0n) is 10.1. The Morgan fingerprint density at radius 2 is 1.81 bits per heavy atom. The number of hydrogen-bond acceptors (Lipinski definition) is 1. The second-order valence-electron chi connectivity index (χ2n) is 5.27. The van der Waals surface area contributed by atoms with E-state index in [-0.39, 0.29) is 5.41 Å². The molecule has 16 heavy (non-hydrogen) atoms. The van der Waals surface area contributed by atoms with Gasteiger partial charge in [-0.05, 0) is 36.1 Å². The first-order valence-corrected chi connectivity index (χ1v) is 5.83. The molecule has 0 aliphatic rings. The molecule has 0 unspecified atom stereocenters. The van der Waals surface area contributed by atoms with Crippen LogP contribution in [0.5, 0.6) is 0 Å². The largest absolute Gasteiger partial charge is 0.236 e. The van der Waals surface area contributed by atoms with Gasteiger partial charge in [0.05, 0.1) is 5.52 Å². The molecule has 0 N–H and O–H groups in total. The monoisotopic (exact) mass is 233 g/mol. The molecule has 0 spiro atoms. The fraction of sp³-hybridized carbons (Fsp3) is 0.357. The van der Waals surface area contributed by atoms with Crippen LogP contribution in [0.2, 0.25) is 5.15 Å². The van der Waals surface area contributed by atoms with Crippen molar-refractivity contribution < 1.29 is 0 Å². The van der Waals surface area contributed by atoms with Gasteiger partial charge < -0.3 is 0 Å². The molecule has 0 saturated heterocycles. The average Bonchev–Trinajstić information content (AvgIpc) is 2.16. The minimum Gasteiger partial charge on any atom is -0.236 e. The van der Waals surface area contributed by atoms with Gasteiger partial charge in [0.25, 0.3) is 0 Å². The Hall–Kier alpha value is -1.08. The van der Waals surface area contributed by atoms with Crippen LogP contribution in [0.4, 0.5) is 0 Å². The normalized spacial score (nSPS) is 12.1. The standard InChI is InChI=1S/C14H16ClN/c1-9-5-6-12-10(7-9)8-11(13(15)16-12)14(2,3)4/h5-8H,1-4H3. The van der Waals surface area contributed by atoms with E-state index < -0.39 is 0 Å². The van der Waals surface area contributed by atoms with Crippen LogP contribution in [0.25, 0.3) is 10.9 Å². The minimum atomic E-state index is 0.0298. The van der Waals surface area contributed by atoms with Gasteiger partial charge in [0.2, 0.25) is 0 Å². The maximum absolute atomic E-state index is 6.22. The van der Waals surface area contributed by atoms with Crippen LogP contribution in [-0.2, 0) is 5.41 Å². The van der Waals surface area contributed by atoms with Crippen molar-refractivity contribution in [1.82, 2.24) is 4.98 Å². The molecule has 0 saturated carbocycles. The Morgan fingerprint density at radius 3 is 2.44 bits per heavy atom. The SMILES string of the molecule is Cc1ccc2nc(Cl)c(C(C)(C)C)cc2c1. The van der Waals surface area contributed by atoms with Crippen molar-refractivity contribution in [3.8, 4) is 0 Å². The number of nitrogens with zero attached hydrogens (tertiary/aromatic N) is 1. The summed E-state index contributed by atoms with van der Waals surface area (Å²) >= 11 is 6.22. The summed E-state index contributed by atoms with van der Waals surface area (Å²) in [5.74, 6) is 0. The number of pyridine rings is 1. The van der Waals surface area contributed by atoms with Gasteiger partial charge in [-0.25, -0.2) is 4.98 Å². The first-order valence-electron chi connectivity index (χ1n) is 5.45. The molecule has 0 aliphatic heterocycles. The average molecular weight is 234 g/mol. The second kappa shape index (κ2) is 3.74. The van der Waals surface area contributed by atoms with Crippen LogP contribution in [0, 0.1) is 6.92 Å². The highest BCUT2D eigenvalue weighted by molar-refractivity contribution is 6.30. The van der Waals surface area contributed by atoms with E-state index in [2.05, 4.69) is 50.9 Å². The summed E-state index contributed by atoms with van der Waals surface area (Å²) in [6, 6.07) is 8.37. The summed E-state index contributed by atoms with van der Waals surface area (Å²) in [6.07, 6.45) is 0. The van der Waals surface area contributed by atoms with E-state index in [4.69, 9.17) is 11.6 Å². The van der Waals surface area contributed by atoms with Crippen LogP contribution >= 0.6 is 11.6 Å². The van der Waals surface area contributed by atoms with Crippen LogP contribution in [0.3, 0.4) is 0 Å². The van der Waals surface area contributed by atoms with Gasteiger partial charge in [-0.3, -0.25) is 0 Å². The first-order chi connectivity index (χ1) is 7.38. The Kier molecular flexibility index (Phi) is 2.67. The number of fused-ring (bicyclic) bond motifs is 1. The van der Waals surface area contributed by atoms with Crippen LogP contribution in [-0.4, -0.2) is 4.98 Å². The van der Waals surface area contributed by atoms with Gasteiger partial charge in [-0.1, -0.05) is 44.0 Å². The lowest BCUT2D eigenvalue weighted by atomic mass is 9.87. The highest BCUT2D eigenvalue weighted by Crippen LogP contribution is 2.31. The van der Waals surface area contributed by atoms with Crippen LogP contribution in [0.15, 0.2) is 24.3 Å². The predicted molar refractivity (Wildman–Crippen MR) is 70.2 cm³/mol. The summed E-state index contributed by atoms with van der Waals surface area (Å²) < 4.78 is 0. The highest BCUT2D eigenvalue weighted by atomic mass is 35.5. The molecule has 0 fully saturated rings. The van der Waals surface area contributed by atoms with Crippen molar-refractivity contribution in [2.45, 2.75) is 33.1 Å². The predicted octanol–water partition coefficient (Wildman–Crippen LogP) is 4.49. The number of benzene rings is 1. The van der Waals surface area contributed by atoms with Crippen LogP contribution < -0.4 is 0 Å². The Labute approximate surface area is 101 Å². The molecular weight excluding hydrogens is 218 g/mol. The number of halogens is 1. The molecule has 0 atom stereocenters. The van der Waals surface area contributed by atoms with E-state index in [0.717, 1.165) is 16.5 Å². The summed E-state index contributed by atoms with van der Waals surface area (Å²) in [7, 11) is 0. The fourth-order valence-corrected chi connectivity index (χ4v) is 2.23. The molecule has 2 heteroatoms. The third-order valence-corrected chi connectivity index (χ3v) is 3.02. The van der Waals surface area contributed by atoms with E-state index in [0.29, 0.717) is 5.15 Å². The maximum Gasteiger partial charge on any atom is 0.133 e. The number of hydrogen-bond donors (Lipinski definition) is 0. The molecule has 2 rings (SSSR count). The number of aromatic nitrogens is 1. The van der Waals surface area contributed by atoms with E-state index in [9.17, 15) is 0 Å². The van der Waals surface area contributed by atoms with Crippen molar-refractivity contribution in [1.29, 1.82) is 0 Å². The second-order valence-corrected chi connectivity index (χ2v) is 5.63. The molecule has 1 aromatic heterocycles. The molecule has 0 bridgehead atoms. The first kappa shape index (κ1) is 11.4. The molecule has 1 nitrogen and oxygen atoms in total. The fourth-order valence-electron chi connectivity index (χ4n) is 1.80. The number of aryl methyl sites for hydroxylation is 1. The summed E-state index contributed by atoms with van der Waals surface area (Å²) in [6.45, 7) is 8.54. The molecule has 1 aromatic carbocycles. The minimum absolute atomic E-state index is 0.0298. The Balaban J connectivity index is 2.74. The molecule has 84 valence electrons. The summed E-state index contributed by atoms with van der Waals surface area (Å²) in [5.41, 5.74) is 3.34. The van der Waals surface area contributed by atoms with E-state index in [1.807, 2.05) is 6.07 Å². The van der Waals surface area contributed by atoms with Gasteiger partial charge in [-0.15, -0.1) is 0 Å². The third-order valence-electron chi connectivity index (χ3n) is 2.73. The van der Waals surface area contributed by atoms with Crippen molar-refractivity contribution >= 4 is 22.5 Å². The maximum atomic E-state index is 6.22. The van der Waals surface area contributed by atoms with Crippen molar-refractivity contribution in [3.05, 3.63) is 40.5 Å². The summed E-state index contributed by atoms with van der Waals surface area (Å²) in [4.78, 5) is 4.45. The molecule has 1 heterocycles. The molecule has 2 aromatic rings.